The molecular weight excluding hydrogens is 765 g/mol. The Bertz CT molecular complexity index is 1030. The van der Waals surface area contributed by atoms with E-state index < -0.39 is 6.10 Å². The van der Waals surface area contributed by atoms with Crippen LogP contribution in [-0.4, -0.2) is 36.4 Å². The summed E-state index contributed by atoms with van der Waals surface area (Å²) >= 11 is 0. The molecule has 62 heavy (non-hydrogen) atoms. The van der Waals surface area contributed by atoms with Crippen molar-refractivity contribution in [3.8, 4) is 0 Å². The molecule has 1 atom stereocenters. The summed E-state index contributed by atoms with van der Waals surface area (Å²) in [5.74, 6) is -0.579. The zero-order valence-electron chi connectivity index (χ0n) is 41.4. The second kappa shape index (κ2) is 53.2. The summed E-state index contributed by atoms with van der Waals surface area (Å²) in [5, 5.41) is 9.64. The molecule has 1 unspecified atom stereocenters. The molecule has 0 bridgehead atoms. The first kappa shape index (κ1) is 59.9. The third-order valence-corrected chi connectivity index (χ3v) is 12.1. The number of hydrogen-bond acceptors (Lipinski definition) is 5. The SMILES string of the molecule is CC/C=C\C/C=C\C/C=C\C/C=C\CCCCCCCCCCCCCCC(=O)OC(CO)COC(=O)CCCCCCCCCCCCCCCCCCCCCCCCC. The highest BCUT2D eigenvalue weighted by atomic mass is 16.6. The van der Waals surface area contributed by atoms with Crippen LogP contribution in [0.3, 0.4) is 0 Å². The molecule has 362 valence electrons. The maximum Gasteiger partial charge on any atom is 0.306 e. The lowest BCUT2D eigenvalue weighted by Gasteiger charge is -2.15. The minimum atomic E-state index is -0.772. The maximum absolute atomic E-state index is 12.3. The van der Waals surface area contributed by atoms with Crippen molar-refractivity contribution in [1.29, 1.82) is 0 Å². The van der Waals surface area contributed by atoms with E-state index >= 15 is 0 Å². The van der Waals surface area contributed by atoms with Crippen molar-refractivity contribution in [2.45, 2.75) is 290 Å². The highest BCUT2D eigenvalue weighted by Gasteiger charge is 2.16. The minimum Gasteiger partial charge on any atom is -0.462 e. The average Bonchev–Trinajstić information content (AvgIpc) is 3.28. The minimum absolute atomic E-state index is 0.0630. The molecule has 5 heteroatoms. The molecule has 0 aromatic rings. The molecule has 0 aliphatic rings. The van der Waals surface area contributed by atoms with Gasteiger partial charge in [-0.2, -0.15) is 0 Å². The summed E-state index contributed by atoms with van der Waals surface area (Å²) in [7, 11) is 0. The standard InChI is InChI=1S/C57H104O5/c1-3-5-7-9-11-13-15-17-19-21-23-25-27-28-30-32-34-36-38-40-42-44-46-48-50-52-57(60)62-55(53-58)54-61-56(59)51-49-47-45-43-41-39-37-35-33-31-29-26-24-22-20-18-16-14-12-10-8-6-4-2/h5,7,11,13,17,19,23,25,55,58H,3-4,6,8-10,12,14-16,18,20-22,24,26-54H2,1-2H3/b7-5-,13-11-,19-17-,25-23-. The van der Waals surface area contributed by atoms with Gasteiger partial charge in [0.25, 0.3) is 0 Å². The summed E-state index contributed by atoms with van der Waals surface area (Å²) in [6.45, 7) is 4.07. The van der Waals surface area contributed by atoms with Crippen molar-refractivity contribution in [3.05, 3.63) is 48.6 Å². The van der Waals surface area contributed by atoms with Gasteiger partial charge in [0.1, 0.15) is 6.61 Å². The van der Waals surface area contributed by atoms with Gasteiger partial charge in [-0.05, 0) is 51.4 Å². The predicted molar refractivity (Wildman–Crippen MR) is 270 cm³/mol. The van der Waals surface area contributed by atoms with Gasteiger partial charge in [-0.25, -0.2) is 0 Å². The Hall–Kier alpha value is -2.14. The van der Waals surface area contributed by atoms with Gasteiger partial charge in [-0.15, -0.1) is 0 Å². The summed E-state index contributed by atoms with van der Waals surface area (Å²) in [6, 6.07) is 0. The number of aliphatic hydroxyl groups is 1. The first-order valence-electron chi connectivity index (χ1n) is 27.2. The number of rotatable bonds is 50. The summed E-state index contributed by atoms with van der Waals surface area (Å²) < 4.78 is 10.7. The second-order valence-electron chi connectivity index (χ2n) is 18.3. The molecule has 0 saturated heterocycles. The van der Waals surface area contributed by atoms with Gasteiger partial charge in [0.05, 0.1) is 6.61 Å². The van der Waals surface area contributed by atoms with E-state index in [1.165, 1.54) is 193 Å². The van der Waals surface area contributed by atoms with Crippen LogP contribution >= 0.6 is 0 Å². The van der Waals surface area contributed by atoms with E-state index in [1.807, 2.05) is 0 Å². The van der Waals surface area contributed by atoms with Crippen LogP contribution in [0.1, 0.15) is 284 Å². The summed E-state index contributed by atoms with van der Waals surface area (Å²) in [6.07, 6.45) is 69.3. The first-order valence-corrected chi connectivity index (χ1v) is 27.2. The van der Waals surface area contributed by atoms with E-state index in [1.54, 1.807) is 0 Å². The maximum atomic E-state index is 12.3. The molecule has 0 heterocycles. The Labute approximate surface area is 386 Å². The number of allylic oxidation sites excluding steroid dienone is 8. The Morgan fingerprint density at radius 2 is 0.694 bits per heavy atom. The number of aliphatic hydroxyl groups excluding tert-OH is 1. The number of esters is 2. The van der Waals surface area contributed by atoms with Crippen molar-refractivity contribution in [2.24, 2.45) is 0 Å². The topological polar surface area (TPSA) is 72.8 Å². The van der Waals surface area contributed by atoms with Crippen LogP contribution < -0.4 is 0 Å². The fraction of sp³-hybridized carbons (Fsp3) is 0.825. The van der Waals surface area contributed by atoms with Crippen LogP contribution in [0.15, 0.2) is 48.6 Å². The lowest BCUT2D eigenvalue weighted by molar-refractivity contribution is -0.161. The van der Waals surface area contributed by atoms with Gasteiger partial charge in [0.15, 0.2) is 6.10 Å². The zero-order valence-corrected chi connectivity index (χ0v) is 41.4. The van der Waals surface area contributed by atoms with Crippen LogP contribution in [0.4, 0.5) is 0 Å². The van der Waals surface area contributed by atoms with Crippen molar-refractivity contribution in [2.75, 3.05) is 13.2 Å². The molecule has 0 amide bonds. The van der Waals surface area contributed by atoms with Crippen LogP contribution in [0.5, 0.6) is 0 Å². The normalized spacial score (nSPS) is 12.5. The van der Waals surface area contributed by atoms with Gasteiger partial charge in [-0.1, -0.05) is 268 Å². The average molecular weight is 869 g/mol. The van der Waals surface area contributed by atoms with E-state index in [0.29, 0.717) is 12.8 Å². The third-order valence-electron chi connectivity index (χ3n) is 12.1. The molecule has 1 N–H and O–H groups in total. The molecule has 0 rings (SSSR count). The third kappa shape index (κ3) is 50.5. The number of ether oxygens (including phenoxy) is 2. The lowest BCUT2D eigenvalue weighted by atomic mass is 10.0. The quantitative estimate of drug-likeness (QED) is 0.0375. The highest BCUT2D eigenvalue weighted by molar-refractivity contribution is 5.70. The summed E-state index contributed by atoms with van der Waals surface area (Å²) in [4.78, 5) is 24.5. The number of carbonyl (C=O) groups is 2. The van der Waals surface area contributed by atoms with Gasteiger partial charge in [0, 0.05) is 12.8 Å². The molecule has 0 aromatic carbocycles. The molecule has 5 nitrogen and oxygen atoms in total. The lowest BCUT2D eigenvalue weighted by Crippen LogP contribution is -2.28. The van der Waals surface area contributed by atoms with Crippen molar-refractivity contribution < 1.29 is 24.2 Å². The molecule has 0 fully saturated rings. The van der Waals surface area contributed by atoms with Crippen molar-refractivity contribution in [3.63, 3.8) is 0 Å². The Kier molecular flexibility index (Phi) is 51.4. The molecule has 0 aliphatic heterocycles. The Morgan fingerprint density at radius 3 is 1.05 bits per heavy atom. The van der Waals surface area contributed by atoms with Crippen LogP contribution in [0.25, 0.3) is 0 Å². The van der Waals surface area contributed by atoms with Gasteiger partial charge in [-0.3, -0.25) is 9.59 Å². The molecular formula is C57H104O5. The number of carbonyl (C=O) groups excluding carboxylic acids is 2. The summed E-state index contributed by atoms with van der Waals surface area (Å²) in [5.41, 5.74) is 0. The number of hydrogen-bond donors (Lipinski definition) is 1. The predicted octanol–water partition coefficient (Wildman–Crippen LogP) is 18.1. The van der Waals surface area contributed by atoms with Crippen LogP contribution in [0, 0.1) is 0 Å². The van der Waals surface area contributed by atoms with Crippen molar-refractivity contribution in [1.82, 2.24) is 0 Å². The van der Waals surface area contributed by atoms with E-state index in [-0.39, 0.29) is 25.2 Å². The first-order chi connectivity index (χ1) is 30.6. The van der Waals surface area contributed by atoms with Gasteiger partial charge >= 0.3 is 11.9 Å². The molecule has 0 aromatic heterocycles. The zero-order chi connectivity index (χ0) is 44.9. The smallest absolute Gasteiger partial charge is 0.306 e. The van der Waals surface area contributed by atoms with E-state index in [0.717, 1.165) is 64.2 Å². The monoisotopic (exact) mass is 869 g/mol. The molecule has 0 spiro atoms. The largest absolute Gasteiger partial charge is 0.462 e. The second-order valence-corrected chi connectivity index (χ2v) is 18.3. The number of unbranched alkanes of at least 4 members (excludes halogenated alkanes) is 34. The van der Waals surface area contributed by atoms with E-state index in [9.17, 15) is 14.7 Å². The van der Waals surface area contributed by atoms with Crippen LogP contribution in [-0.2, 0) is 19.1 Å². The van der Waals surface area contributed by atoms with Gasteiger partial charge in [0.2, 0.25) is 0 Å². The van der Waals surface area contributed by atoms with E-state index in [4.69, 9.17) is 9.47 Å². The van der Waals surface area contributed by atoms with Crippen molar-refractivity contribution >= 4 is 11.9 Å². The van der Waals surface area contributed by atoms with Gasteiger partial charge < -0.3 is 14.6 Å². The fourth-order valence-corrected chi connectivity index (χ4v) is 8.08. The molecule has 0 saturated carbocycles. The Morgan fingerprint density at radius 1 is 0.387 bits per heavy atom. The fourth-order valence-electron chi connectivity index (χ4n) is 8.08. The molecule has 0 aliphatic carbocycles. The van der Waals surface area contributed by atoms with Crippen LogP contribution in [0.2, 0.25) is 0 Å². The van der Waals surface area contributed by atoms with E-state index in [2.05, 4.69) is 62.5 Å². The molecule has 0 radical (unpaired) electrons. The Balaban J connectivity index is 3.46. The highest BCUT2D eigenvalue weighted by Crippen LogP contribution is 2.17.